The van der Waals surface area contributed by atoms with Gasteiger partial charge in [0.2, 0.25) is 0 Å². The number of non-ortho nitro benzene ring substituents is 1. The van der Waals surface area contributed by atoms with Crippen LogP contribution in [0.2, 0.25) is 0 Å². The summed E-state index contributed by atoms with van der Waals surface area (Å²) < 4.78 is 0. The van der Waals surface area contributed by atoms with Crippen LogP contribution in [-0.4, -0.2) is 23.4 Å². The summed E-state index contributed by atoms with van der Waals surface area (Å²) in [7, 11) is 1.98. The second kappa shape index (κ2) is 4.18. The van der Waals surface area contributed by atoms with Crippen molar-refractivity contribution in [3.05, 3.63) is 58.3 Å². The Hall–Kier alpha value is -2.10. The van der Waals surface area contributed by atoms with E-state index in [9.17, 15) is 10.1 Å². The molecule has 0 aromatic heterocycles. The van der Waals surface area contributed by atoms with Crippen molar-refractivity contribution in [1.82, 2.24) is 4.90 Å². The molecule has 82 valence electrons. The molecule has 0 N–H and O–H groups in total. The van der Waals surface area contributed by atoms with Gasteiger partial charge in [0, 0.05) is 25.7 Å². The minimum Gasteiger partial charge on any atom is -0.377 e. The highest BCUT2D eigenvalue weighted by Crippen LogP contribution is 2.22. The summed E-state index contributed by atoms with van der Waals surface area (Å²) in [4.78, 5) is 12.3. The summed E-state index contributed by atoms with van der Waals surface area (Å²) in [6.45, 7) is 0.828. The number of hydrogen-bond donors (Lipinski definition) is 0. The molecule has 0 radical (unpaired) electrons. The van der Waals surface area contributed by atoms with Gasteiger partial charge in [-0.3, -0.25) is 10.1 Å². The van der Waals surface area contributed by atoms with E-state index >= 15 is 0 Å². The van der Waals surface area contributed by atoms with Gasteiger partial charge in [0.1, 0.15) is 0 Å². The number of hydrogen-bond acceptors (Lipinski definition) is 3. The van der Waals surface area contributed by atoms with Gasteiger partial charge in [0.25, 0.3) is 5.69 Å². The van der Waals surface area contributed by atoms with Crippen molar-refractivity contribution >= 4 is 11.3 Å². The molecule has 1 aliphatic rings. The third-order valence-electron chi connectivity index (χ3n) is 2.50. The van der Waals surface area contributed by atoms with Gasteiger partial charge < -0.3 is 4.90 Å². The third kappa shape index (κ3) is 2.11. The summed E-state index contributed by atoms with van der Waals surface area (Å²) in [5.41, 5.74) is 2.05. The second-order valence-electron chi connectivity index (χ2n) is 3.72. The molecular weight excluding hydrogens is 204 g/mol. The Morgan fingerprint density at radius 3 is 2.88 bits per heavy atom. The van der Waals surface area contributed by atoms with E-state index in [4.69, 9.17) is 0 Å². The van der Waals surface area contributed by atoms with Gasteiger partial charge in [0.05, 0.1) is 4.92 Å². The van der Waals surface area contributed by atoms with Crippen LogP contribution in [0.15, 0.2) is 42.6 Å². The first-order chi connectivity index (χ1) is 7.66. The molecule has 1 aliphatic heterocycles. The van der Waals surface area contributed by atoms with Crippen LogP contribution in [0.4, 0.5) is 5.69 Å². The average molecular weight is 216 g/mol. The van der Waals surface area contributed by atoms with Crippen molar-refractivity contribution in [1.29, 1.82) is 0 Å². The Bertz CT molecular complexity index is 478. The lowest BCUT2D eigenvalue weighted by molar-refractivity contribution is -0.384. The van der Waals surface area contributed by atoms with Crippen LogP contribution >= 0.6 is 0 Å². The minimum atomic E-state index is -0.372. The maximum atomic E-state index is 10.6. The van der Waals surface area contributed by atoms with Gasteiger partial charge in [-0.2, -0.15) is 0 Å². The zero-order valence-corrected chi connectivity index (χ0v) is 8.96. The number of likely N-dealkylation sites (N-methyl/N-ethyl adjacent to an activating group) is 1. The monoisotopic (exact) mass is 216 g/mol. The normalized spacial score (nSPS) is 14.8. The van der Waals surface area contributed by atoms with Gasteiger partial charge >= 0.3 is 0 Å². The van der Waals surface area contributed by atoms with Crippen molar-refractivity contribution in [2.75, 3.05) is 13.6 Å². The van der Waals surface area contributed by atoms with Crippen molar-refractivity contribution < 1.29 is 4.92 Å². The van der Waals surface area contributed by atoms with E-state index in [1.165, 1.54) is 6.07 Å². The Morgan fingerprint density at radius 1 is 1.44 bits per heavy atom. The number of rotatable bonds is 2. The average Bonchev–Trinajstić information content (AvgIpc) is 2.30. The quantitative estimate of drug-likeness (QED) is 0.563. The summed E-state index contributed by atoms with van der Waals surface area (Å²) in [5.74, 6) is 0. The van der Waals surface area contributed by atoms with Crippen molar-refractivity contribution in [2.45, 2.75) is 0 Å². The molecule has 0 bridgehead atoms. The van der Waals surface area contributed by atoms with Crippen molar-refractivity contribution in [3.8, 4) is 0 Å². The lowest BCUT2D eigenvalue weighted by Crippen LogP contribution is -2.13. The fraction of sp³-hybridized carbons (Fsp3) is 0.167. The van der Waals surface area contributed by atoms with E-state index in [0.717, 1.165) is 17.7 Å². The van der Waals surface area contributed by atoms with E-state index in [2.05, 4.69) is 6.08 Å². The highest BCUT2D eigenvalue weighted by Gasteiger charge is 2.08. The largest absolute Gasteiger partial charge is 0.377 e. The van der Waals surface area contributed by atoms with Gasteiger partial charge in [-0.25, -0.2) is 0 Å². The molecule has 0 saturated heterocycles. The molecule has 1 heterocycles. The van der Waals surface area contributed by atoms with Crippen LogP contribution < -0.4 is 0 Å². The molecule has 0 unspecified atom stereocenters. The van der Waals surface area contributed by atoms with Crippen LogP contribution in [0.1, 0.15) is 5.56 Å². The molecule has 16 heavy (non-hydrogen) atoms. The van der Waals surface area contributed by atoms with Crippen molar-refractivity contribution in [3.63, 3.8) is 0 Å². The smallest absolute Gasteiger partial charge is 0.270 e. The van der Waals surface area contributed by atoms with Crippen LogP contribution in [0, 0.1) is 10.1 Å². The second-order valence-corrected chi connectivity index (χ2v) is 3.72. The standard InChI is InChI=1S/C12H12N2O2/c1-13-7-5-10(6-8-13)11-3-2-4-12(9-11)14(15)16/h2-7,9H,8H2,1H3. The van der Waals surface area contributed by atoms with E-state index in [1.54, 1.807) is 12.1 Å². The number of nitro benzene ring substituents is 1. The molecule has 2 rings (SSSR count). The van der Waals surface area contributed by atoms with Crippen LogP contribution in [-0.2, 0) is 0 Å². The third-order valence-corrected chi connectivity index (χ3v) is 2.50. The van der Waals surface area contributed by atoms with Crippen molar-refractivity contribution in [2.24, 2.45) is 0 Å². The molecule has 0 fully saturated rings. The van der Waals surface area contributed by atoms with E-state index < -0.39 is 0 Å². The lowest BCUT2D eigenvalue weighted by atomic mass is 10.0. The first kappa shape index (κ1) is 10.4. The maximum absolute atomic E-state index is 10.6. The fourth-order valence-electron chi connectivity index (χ4n) is 1.59. The Morgan fingerprint density at radius 2 is 2.25 bits per heavy atom. The molecule has 1 aromatic rings. The molecular formula is C12H12N2O2. The minimum absolute atomic E-state index is 0.130. The first-order valence-electron chi connectivity index (χ1n) is 5.00. The van der Waals surface area contributed by atoms with Gasteiger partial charge in [-0.05, 0) is 23.4 Å². The van der Waals surface area contributed by atoms with E-state index in [-0.39, 0.29) is 10.6 Å². The molecule has 0 amide bonds. The predicted molar refractivity (Wildman–Crippen MR) is 62.8 cm³/mol. The molecule has 0 saturated carbocycles. The Kier molecular flexibility index (Phi) is 2.72. The predicted octanol–water partition coefficient (Wildman–Crippen LogP) is 2.44. The molecule has 1 aromatic carbocycles. The van der Waals surface area contributed by atoms with Crippen LogP contribution in [0.5, 0.6) is 0 Å². The Balaban J connectivity index is 2.31. The summed E-state index contributed by atoms with van der Waals surface area (Å²) >= 11 is 0. The number of benzene rings is 1. The molecule has 0 spiro atoms. The molecule has 4 nitrogen and oxygen atoms in total. The summed E-state index contributed by atoms with van der Waals surface area (Å²) in [6, 6.07) is 6.69. The zero-order valence-electron chi connectivity index (χ0n) is 8.96. The van der Waals surface area contributed by atoms with Crippen LogP contribution in [0.3, 0.4) is 0 Å². The zero-order chi connectivity index (χ0) is 11.5. The highest BCUT2D eigenvalue weighted by atomic mass is 16.6. The topological polar surface area (TPSA) is 46.4 Å². The first-order valence-corrected chi connectivity index (χ1v) is 5.00. The Labute approximate surface area is 93.6 Å². The molecule has 0 aliphatic carbocycles. The van der Waals surface area contributed by atoms with Gasteiger partial charge in [0.15, 0.2) is 0 Å². The highest BCUT2D eigenvalue weighted by molar-refractivity contribution is 5.75. The van der Waals surface area contributed by atoms with Gasteiger partial charge in [-0.1, -0.05) is 18.2 Å². The maximum Gasteiger partial charge on any atom is 0.270 e. The van der Waals surface area contributed by atoms with Crippen LogP contribution in [0.25, 0.3) is 5.57 Å². The molecule has 0 atom stereocenters. The SMILES string of the molecule is CN1C=CC(c2cccc([N+](=O)[O-])c2)=CC1. The lowest BCUT2D eigenvalue weighted by Gasteiger charge is -2.17. The van der Waals surface area contributed by atoms with E-state index in [1.807, 2.05) is 30.3 Å². The molecule has 4 heteroatoms. The van der Waals surface area contributed by atoms with Gasteiger partial charge in [-0.15, -0.1) is 0 Å². The fourth-order valence-corrected chi connectivity index (χ4v) is 1.59. The number of nitro groups is 1. The summed E-state index contributed by atoms with van der Waals surface area (Å²) in [6.07, 6.45) is 5.98. The number of nitrogens with zero attached hydrogens (tertiary/aromatic N) is 2. The summed E-state index contributed by atoms with van der Waals surface area (Å²) in [5, 5.41) is 10.6. The van der Waals surface area contributed by atoms with E-state index in [0.29, 0.717) is 0 Å². The number of allylic oxidation sites excluding steroid dienone is 2.